The third-order valence-electron chi connectivity index (χ3n) is 9.71. The van der Waals surface area contributed by atoms with Crippen molar-refractivity contribution in [3.05, 3.63) is 198 Å². The van der Waals surface area contributed by atoms with E-state index in [0.29, 0.717) is 0 Å². The summed E-state index contributed by atoms with van der Waals surface area (Å²) in [4.78, 5) is 2.13. The normalized spacial score (nSPS) is 12.2. The van der Waals surface area contributed by atoms with E-state index in [2.05, 4.69) is 102 Å². The van der Waals surface area contributed by atoms with Crippen molar-refractivity contribution in [1.82, 2.24) is 0 Å². The lowest BCUT2D eigenvalue weighted by atomic mass is 9.85. The second kappa shape index (κ2) is 12.3. The van der Waals surface area contributed by atoms with E-state index in [-0.39, 0.29) is 17.6 Å². The molecule has 9 aromatic rings. The number of para-hydroxylation sites is 1. The molecule has 0 radical (unpaired) electrons. The molecule has 0 saturated carbocycles. The molecule has 0 bridgehead atoms. The van der Waals surface area contributed by atoms with Gasteiger partial charge >= 0.3 is 0 Å². The summed E-state index contributed by atoms with van der Waals surface area (Å²) in [7, 11) is 0. The summed E-state index contributed by atoms with van der Waals surface area (Å²) in [6, 6.07) is 55.8. The quantitative estimate of drug-likeness (QED) is 0.170. The highest BCUT2D eigenvalue weighted by Gasteiger charge is 2.18. The molecule has 0 N–H and O–H groups in total. The van der Waals surface area contributed by atoms with Crippen LogP contribution in [0.5, 0.6) is 0 Å². The van der Waals surface area contributed by atoms with Crippen LogP contribution in [0.3, 0.4) is 0 Å². The molecule has 0 amide bonds. The minimum atomic E-state index is -0.266. The van der Waals surface area contributed by atoms with Crippen LogP contribution in [0.4, 0.5) is 25.8 Å². The highest BCUT2D eigenvalue weighted by Crippen LogP contribution is 2.40. The molecular weight excluding hydrogens is 621 g/mol. The molecule has 4 heteroatoms. The predicted octanol–water partition coefficient (Wildman–Crippen LogP) is 13.0. The van der Waals surface area contributed by atoms with Gasteiger partial charge in [-0.15, -0.1) is 0 Å². The van der Waals surface area contributed by atoms with Gasteiger partial charge in [0, 0.05) is 33.8 Å². The second-order valence-electron chi connectivity index (χ2n) is 12.9. The Kier molecular flexibility index (Phi) is 7.35. The minimum Gasteiger partial charge on any atom is -0.456 e. The summed E-state index contributed by atoms with van der Waals surface area (Å²) < 4.78 is 34.1. The van der Waals surface area contributed by atoms with Crippen LogP contribution < -0.4 is 4.90 Å². The topological polar surface area (TPSA) is 16.4 Å². The monoisotopic (exact) mass is 651 g/mol. The van der Waals surface area contributed by atoms with Crippen molar-refractivity contribution < 1.29 is 13.2 Å². The first-order valence-electron chi connectivity index (χ1n) is 16.8. The van der Waals surface area contributed by atoms with Crippen molar-refractivity contribution >= 4 is 60.5 Å². The first kappa shape index (κ1) is 29.8. The van der Waals surface area contributed by atoms with Gasteiger partial charge in [0.1, 0.15) is 22.8 Å². The van der Waals surface area contributed by atoms with Gasteiger partial charge in [0.25, 0.3) is 0 Å². The van der Waals surface area contributed by atoms with Crippen molar-refractivity contribution in [2.45, 2.75) is 12.3 Å². The lowest BCUT2D eigenvalue weighted by Crippen LogP contribution is -2.09. The van der Waals surface area contributed by atoms with E-state index in [1.54, 1.807) is 12.1 Å². The first-order valence-corrected chi connectivity index (χ1v) is 16.8. The molecule has 50 heavy (non-hydrogen) atoms. The molecule has 240 valence electrons. The Bertz CT molecular complexity index is 2630. The second-order valence-corrected chi connectivity index (χ2v) is 12.9. The Hall–Kier alpha value is -6.26. The summed E-state index contributed by atoms with van der Waals surface area (Å²) in [6.45, 7) is 0. The number of rotatable bonds is 7. The van der Waals surface area contributed by atoms with Gasteiger partial charge in [-0.3, -0.25) is 0 Å². The lowest BCUT2D eigenvalue weighted by Gasteiger charge is -2.25. The van der Waals surface area contributed by atoms with Crippen LogP contribution in [0.25, 0.3) is 43.5 Å². The summed E-state index contributed by atoms with van der Waals surface area (Å²) in [6.07, 6.45) is 0.764. The molecular formula is C46H31F2NO. The smallest absolute Gasteiger partial charge is 0.136 e. The van der Waals surface area contributed by atoms with Crippen LogP contribution in [0.1, 0.15) is 22.6 Å². The van der Waals surface area contributed by atoms with Crippen LogP contribution in [0.2, 0.25) is 0 Å². The summed E-state index contributed by atoms with van der Waals surface area (Å²) in [5, 5.41) is 6.57. The number of hydrogen-bond donors (Lipinski definition) is 0. The van der Waals surface area contributed by atoms with Crippen molar-refractivity contribution in [3.63, 3.8) is 0 Å². The molecule has 1 aromatic heterocycles. The molecule has 1 heterocycles. The minimum absolute atomic E-state index is 0.113. The van der Waals surface area contributed by atoms with Gasteiger partial charge in [-0.1, -0.05) is 84.9 Å². The average Bonchev–Trinajstić information content (AvgIpc) is 3.50. The third kappa shape index (κ3) is 5.55. The Balaban J connectivity index is 1.12. The molecule has 1 atom stereocenters. The number of benzene rings is 8. The van der Waals surface area contributed by atoms with Crippen LogP contribution in [-0.2, 0) is 6.42 Å². The third-order valence-corrected chi connectivity index (χ3v) is 9.71. The molecule has 2 nitrogen and oxygen atoms in total. The van der Waals surface area contributed by atoms with Gasteiger partial charge < -0.3 is 9.32 Å². The van der Waals surface area contributed by atoms with E-state index < -0.39 is 0 Å². The number of nitrogens with zero attached hydrogens (tertiary/aromatic N) is 1. The van der Waals surface area contributed by atoms with E-state index >= 15 is 0 Å². The molecule has 0 aliphatic rings. The number of fused-ring (bicyclic) bond motifs is 5. The average molecular weight is 652 g/mol. The maximum Gasteiger partial charge on any atom is 0.136 e. The molecule has 0 aliphatic carbocycles. The van der Waals surface area contributed by atoms with Gasteiger partial charge in [0.2, 0.25) is 0 Å². The maximum atomic E-state index is 13.9. The standard InChI is InChI=1S/C46H31F2NO/c47-37-16-11-30(12-17-37)23-42(31-7-3-1-4-8-31)34-14-13-32-26-43-44-27-33-15-20-41(25-36(33)29-46(44)50-45(43)28-35(32)24-34)49(39-9-5-2-6-10-39)40-21-18-38(48)19-22-40/h1-22,24-29,42H,23H2. The zero-order chi connectivity index (χ0) is 33.6. The fourth-order valence-corrected chi connectivity index (χ4v) is 7.21. The van der Waals surface area contributed by atoms with E-state index in [1.807, 2.05) is 36.4 Å². The number of anilines is 3. The van der Waals surface area contributed by atoms with Gasteiger partial charge in [-0.05, 0) is 130 Å². The Morgan fingerprint density at radius 3 is 1.64 bits per heavy atom. The molecule has 0 aliphatic heterocycles. The van der Waals surface area contributed by atoms with Crippen molar-refractivity contribution in [1.29, 1.82) is 0 Å². The molecule has 0 saturated heterocycles. The van der Waals surface area contributed by atoms with E-state index in [1.165, 1.54) is 35.4 Å². The zero-order valence-corrected chi connectivity index (χ0v) is 27.1. The highest BCUT2D eigenvalue weighted by molar-refractivity contribution is 6.13. The molecule has 8 aromatic carbocycles. The summed E-state index contributed by atoms with van der Waals surface area (Å²) in [5.41, 5.74) is 8.01. The van der Waals surface area contributed by atoms with E-state index in [9.17, 15) is 8.78 Å². The highest BCUT2D eigenvalue weighted by atomic mass is 19.1. The van der Waals surface area contributed by atoms with Crippen molar-refractivity contribution in [3.8, 4) is 0 Å². The van der Waals surface area contributed by atoms with Crippen LogP contribution in [0, 0.1) is 11.6 Å². The van der Waals surface area contributed by atoms with Crippen molar-refractivity contribution in [2.75, 3.05) is 4.90 Å². The van der Waals surface area contributed by atoms with Crippen LogP contribution >= 0.6 is 0 Å². The lowest BCUT2D eigenvalue weighted by molar-refractivity contribution is 0.626. The van der Waals surface area contributed by atoms with Gasteiger partial charge in [0.15, 0.2) is 0 Å². The number of halogens is 2. The Labute approximate surface area is 288 Å². The summed E-state index contributed by atoms with van der Waals surface area (Å²) in [5.74, 6) is -0.377. The van der Waals surface area contributed by atoms with E-state index in [0.717, 1.165) is 72.5 Å². The Morgan fingerprint density at radius 2 is 0.980 bits per heavy atom. The SMILES string of the molecule is Fc1ccc(CC(c2ccccc2)c2ccc3cc4c(cc3c2)oc2cc3cc(N(c5ccccc5)c5ccc(F)cc5)ccc3cc24)cc1. The van der Waals surface area contributed by atoms with E-state index in [4.69, 9.17) is 4.42 Å². The first-order chi connectivity index (χ1) is 24.6. The predicted molar refractivity (Wildman–Crippen MR) is 202 cm³/mol. The Morgan fingerprint density at radius 1 is 0.440 bits per heavy atom. The van der Waals surface area contributed by atoms with Gasteiger partial charge in [-0.2, -0.15) is 0 Å². The molecule has 0 spiro atoms. The van der Waals surface area contributed by atoms with Crippen LogP contribution in [0.15, 0.2) is 174 Å². The molecule has 1 unspecified atom stereocenters. The fourth-order valence-electron chi connectivity index (χ4n) is 7.21. The largest absolute Gasteiger partial charge is 0.456 e. The molecule has 0 fully saturated rings. The number of hydrogen-bond acceptors (Lipinski definition) is 2. The summed E-state index contributed by atoms with van der Waals surface area (Å²) >= 11 is 0. The van der Waals surface area contributed by atoms with Gasteiger partial charge in [-0.25, -0.2) is 8.78 Å². The zero-order valence-electron chi connectivity index (χ0n) is 27.1. The van der Waals surface area contributed by atoms with Gasteiger partial charge in [0.05, 0.1) is 0 Å². The fraction of sp³-hybridized carbons (Fsp3) is 0.0435. The number of furan rings is 1. The van der Waals surface area contributed by atoms with Crippen molar-refractivity contribution in [2.24, 2.45) is 0 Å². The van der Waals surface area contributed by atoms with Crippen LogP contribution in [-0.4, -0.2) is 0 Å². The maximum absolute atomic E-state index is 13.9. The molecule has 9 rings (SSSR count).